The Labute approximate surface area is 144 Å². The first kappa shape index (κ1) is 18.7. The highest BCUT2D eigenvalue weighted by Crippen LogP contribution is 2.25. The van der Waals surface area contributed by atoms with Crippen molar-refractivity contribution in [3.63, 3.8) is 0 Å². The fourth-order valence-electron chi connectivity index (χ4n) is 3.85. The normalized spacial score (nSPS) is 31.7. The fraction of sp³-hybridized carbons (Fsp3) is 0.833. The topological polar surface area (TPSA) is 69.7 Å². The van der Waals surface area contributed by atoms with Gasteiger partial charge < -0.3 is 15.1 Å². The van der Waals surface area contributed by atoms with Gasteiger partial charge in [0.15, 0.2) is 0 Å². The molecule has 0 unspecified atom stereocenters. The molecule has 0 spiro atoms. The molecule has 0 aromatic carbocycles. The third kappa shape index (κ3) is 3.90. The van der Waals surface area contributed by atoms with Crippen LogP contribution >= 0.6 is 0 Å². The van der Waals surface area contributed by atoms with Gasteiger partial charge >= 0.3 is 0 Å². The quantitative estimate of drug-likeness (QED) is 0.786. The van der Waals surface area contributed by atoms with Gasteiger partial charge in [-0.05, 0) is 26.2 Å². The van der Waals surface area contributed by atoms with Gasteiger partial charge in [0.2, 0.25) is 17.7 Å². The molecule has 0 aliphatic carbocycles. The Balaban J connectivity index is 2.08. The zero-order valence-corrected chi connectivity index (χ0v) is 15.8. The molecule has 2 fully saturated rings. The van der Waals surface area contributed by atoms with Crippen molar-refractivity contribution in [2.45, 2.75) is 72.5 Å². The van der Waals surface area contributed by atoms with Crippen LogP contribution in [0.3, 0.4) is 0 Å². The highest BCUT2D eigenvalue weighted by Gasteiger charge is 2.41. The number of piperazine rings is 1. The van der Waals surface area contributed by atoms with Crippen LogP contribution in [0.5, 0.6) is 0 Å². The molecule has 6 heteroatoms. The smallest absolute Gasteiger partial charge is 0.245 e. The molecule has 136 valence electrons. The second kappa shape index (κ2) is 6.73. The molecule has 0 saturated carbocycles. The number of rotatable bonds is 1. The third-order valence-corrected chi connectivity index (χ3v) is 4.91. The monoisotopic (exact) mass is 337 g/mol. The van der Waals surface area contributed by atoms with Gasteiger partial charge in [-0.25, -0.2) is 0 Å². The lowest BCUT2D eigenvalue weighted by atomic mass is 9.91. The second-order valence-corrected chi connectivity index (χ2v) is 8.57. The number of amides is 3. The standard InChI is InChI=1S/C18H31N3O3/c1-11-7-14(19-15(22)8-11)16(23)21-12(2)9-20(10-13(21)3)17(24)18(4,5)6/h11-14H,7-10H2,1-6H3,(H,19,22)/t11-,12+,13+,14-/m0/s1. The van der Waals surface area contributed by atoms with Gasteiger partial charge in [0.1, 0.15) is 6.04 Å². The van der Waals surface area contributed by atoms with Crippen LogP contribution in [0.15, 0.2) is 0 Å². The zero-order valence-electron chi connectivity index (χ0n) is 15.8. The molecule has 2 aliphatic rings. The zero-order chi connectivity index (χ0) is 18.2. The van der Waals surface area contributed by atoms with Gasteiger partial charge in [0, 0.05) is 37.0 Å². The highest BCUT2D eigenvalue weighted by atomic mass is 16.2. The van der Waals surface area contributed by atoms with E-state index < -0.39 is 11.5 Å². The van der Waals surface area contributed by atoms with E-state index in [0.29, 0.717) is 25.9 Å². The van der Waals surface area contributed by atoms with Crippen LogP contribution in [0.25, 0.3) is 0 Å². The van der Waals surface area contributed by atoms with Gasteiger partial charge in [-0.1, -0.05) is 27.7 Å². The summed E-state index contributed by atoms with van der Waals surface area (Å²) in [5, 5.41) is 2.83. The minimum absolute atomic E-state index is 0.0160. The molecule has 3 amide bonds. The molecular formula is C18H31N3O3. The van der Waals surface area contributed by atoms with E-state index in [1.165, 1.54) is 0 Å². The SMILES string of the molecule is C[C@@H]1CC(=O)N[C@H](C(=O)N2[C@H](C)CN(C(=O)C(C)(C)C)C[C@H]2C)C1. The maximum absolute atomic E-state index is 12.9. The summed E-state index contributed by atoms with van der Waals surface area (Å²) in [6.45, 7) is 12.8. The molecule has 2 aliphatic heterocycles. The fourth-order valence-corrected chi connectivity index (χ4v) is 3.85. The molecule has 0 bridgehead atoms. The van der Waals surface area contributed by atoms with Crippen molar-refractivity contribution in [2.24, 2.45) is 11.3 Å². The molecule has 2 heterocycles. The van der Waals surface area contributed by atoms with Crippen molar-refractivity contribution >= 4 is 17.7 Å². The molecular weight excluding hydrogens is 306 g/mol. The number of hydrogen-bond acceptors (Lipinski definition) is 3. The molecule has 0 aromatic rings. The van der Waals surface area contributed by atoms with Crippen molar-refractivity contribution in [1.82, 2.24) is 15.1 Å². The first-order valence-electron chi connectivity index (χ1n) is 8.91. The van der Waals surface area contributed by atoms with Gasteiger partial charge in [-0.3, -0.25) is 14.4 Å². The minimum atomic E-state index is -0.434. The predicted octanol–water partition coefficient (Wildman–Crippen LogP) is 1.40. The Morgan fingerprint density at radius 3 is 2.08 bits per heavy atom. The molecule has 24 heavy (non-hydrogen) atoms. The van der Waals surface area contributed by atoms with E-state index in [1.807, 2.05) is 51.3 Å². The summed E-state index contributed by atoms with van der Waals surface area (Å²) in [7, 11) is 0. The van der Waals surface area contributed by atoms with Gasteiger partial charge in [0.25, 0.3) is 0 Å². The van der Waals surface area contributed by atoms with E-state index in [9.17, 15) is 14.4 Å². The molecule has 2 rings (SSSR count). The van der Waals surface area contributed by atoms with E-state index in [0.717, 1.165) is 0 Å². The maximum Gasteiger partial charge on any atom is 0.245 e. The summed E-state index contributed by atoms with van der Waals surface area (Å²) >= 11 is 0. The predicted molar refractivity (Wildman–Crippen MR) is 92.1 cm³/mol. The van der Waals surface area contributed by atoms with E-state index >= 15 is 0 Å². The summed E-state index contributed by atoms with van der Waals surface area (Å²) in [5.41, 5.74) is -0.418. The largest absolute Gasteiger partial charge is 0.344 e. The Kier molecular flexibility index (Phi) is 5.25. The first-order chi connectivity index (χ1) is 11.0. The van der Waals surface area contributed by atoms with E-state index in [2.05, 4.69) is 5.32 Å². The summed E-state index contributed by atoms with van der Waals surface area (Å²) in [6, 6.07) is -0.542. The lowest BCUT2D eigenvalue weighted by Gasteiger charge is -2.47. The Bertz CT molecular complexity index is 514. The average Bonchev–Trinajstić information content (AvgIpc) is 2.43. The maximum atomic E-state index is 12.9. The Hall–Kier alpha value is -1.59. The highest BCUT2D eigenvalue weighted by molar-refractivity contribution is 5.89. The van der Waals surface area contributed by atoms with Crippen LogP contribution in [0.1, 0.15) is 54.4 Å². The van der Waals surface area contributed by atoms with Crippen molar-refractivity contribution in [1.29, 1.82) is 0 Å². The summed E-state index contributed by atoms with van der Waals surface area (Å²) in [4.78, 5) is 41.0. The van der Waals surface area contributed by atoms with Crippen molar-refractivity contribution in [3.05, 3.63) is 0 Å². The third-order valence-electron chi connectivity index (χ3n) is 4.91. The number of nitrogens with one attached hydrogen (secondary N) is 1. The molecule has 0 aromatic heterocycles. The molecule has 6 nitrogen and oxygen atoms in total. The van der Waals surface area contributed by atoms with E-state index in [4.69, 9.17) is 0 Å². The van der Waals surface area contributed by atoms with Crippen LogP contribution in [0, 0.1) is 11.3 Å². The second-order valence-electron chi connectivity index (χ2n) is 8.57. The van der Waals surface area contributed by atoms with Crippen LogP contribution in [0.4, 0.5) is 0 Å². The minimum Gasteiger partial charge on any atom is -0.344 e. The van der Waals surface area contributed by atoms with Crippen LogP contribution in [-0.2, 0) is 14.4 Å². The van der Waals surface area contributed by atoms with Crippen LogP contribution in [0.2, 0.25) is 0 Å². The van der Waals surface area contributed by atoms with E-state index in [-0.39, 0.29) is 35.7 Å². The van der Waals surface area contributed by atoms with Gasteiger partial charge in [-0.2, -0.15) is 0 Å². The number of carbonyl (C=O) groups excluding carboxylic acids is 3. The molecule has 2 saturated heterocycles. The summed E-state index contributed by atoms with van der Waals surface area (Å²) in [6.07, 6.45) is 1.17. The van der Waals surface area contributed by atoms with Crippen molar-refractivity contribution in [3.8, 4) is 0 Å². The van der Waals surface area contributed by atoms with Gasteiger partial charge in [0.05, 0.1) is 0 Å². The molecule has 0 radical (unpaired) electrons. The summed E-state index contributed by atoms with van der Waals surface area (Å²) in [5.74, 6) is 0.279. The lowest BCUT2D eigenvalue weighted by molar-refractivity contribution is -0.153. The lowest BCUT2D eigenvalue weighted by Crippen LogP contribution is -2.64. The molecule has 1 N–H and O–H groups in total. The van der Waals surface area contributed by atoms with Gasteiger partial charge in [-0.15, -0.1) is 0 Å². The first-order valence-corrected chi connectivity index (χ1v) is 8.91. The Morgan fingerprint density at radius 2 is 1.62 bits per heavy atom. The van der Waals surface area contributed by atoms with Crippen LogP contribution in [-0.4, -0.2) is 58.7 Å². The van der Waals surface area contributed by atoms with Crippen molar-refractivity contribution in [2.75, 3.05) is 13.1 Å². The van der Waals surface area contributed by atoms with Crippen molar-refractivity contribution < 1.29 is 14.4 Å². The van der Waals surface area contributed by atoms with E-state index in [1.54, 1.807) is 0 Å². The number of hydrogen-bond donors (Lipinski definition) is 1. The molecule has 4 atom stereocenters. The number of nitrogens with zero attached hydrogens (tertiary/aromatic N) is 2. The number of piperidine rings is 1. The summed E-state index contributed by atoms with van der Waals surface area (Å²) < 4.78 is 0. The average molecular weight is 337 g/mol. The Morgan fingerprint density at radius 1 is 1.08 bits per heavy atom. The van der Waals surface area contributed by atoms with Crippen LogP contribution < -0.4 is 5.32 Å². The number of carbonyl (C=O) groups is 3.